The highest BCUT2D eigenvalue weighted by molar-refractivity contribution is 8.00. The van der Waals surface area contributed by atoms with E-state index in [1.54, 1.807) is 40.4 Å². The number of aliphatic carboxylic acids is 3. The van der Waals surface area contributed by atoms with E-state index in [2.05, 4.69) is 16.0 Å². The smallest absolute Gasteiger partial charge is 0.407 e. The van der Waals surface area contributed by atoms with Gasteiger partial charge in [-0.05, 0) is 58.6 Å². The maximum Gasteiger partial charge on any atom is 0.407 e. The van der Waals surface area contributed by atoms with Crippen LogP contribution in [0.1, 0.15) is 72.1 Å². The number of amides is 5. The fourth-order valence-electron chi connectivity index (χ4n) is 6.41. The van der Waals surface area contributed by atoms with E-state index >= 15 is 0 Å². The number of imide groups is 1. The first-order chi connectivity index (χ1) is 27.9. The first-order valence-corrected chi connectivity index (χ1v) is 21.5. The molecule has 2 aliphatic heterocycles. The van der Waals surface area contributed by atoms with E-state index in [0.29, 0.717) is 31.7 Å². The molecule has 59 heavy (non-hydrogen) atoms. The largest absolute Gasteiger partial charge is 0.480 e. The normalized spacial score (nSPS) is 18.2. The van der Waals surface area contributed by atoms with Crippen LogP contribution in [0.4, 0.5) is 4.79 Å². The predicted molar refractivity (Wildman–Crippen MR) is 219 cm³/mol. The molecular formula is C38H66N8O12S. The van der Waals surface area contributed by atoms with Gasteiger partial charge in [0.05, 0.1) is 31.4 Å². The van der Waals surface area contributed by atoms with Crippen LogP contribution in [0, 0.1) is 0 Å². The SMILES string of the molecule is CC(C)(C)OC(=O)NCCCCCNC(=O)CCCCCSC1CC(=O)N(CCNC(=O)CN2CCN(CC(=O)O)CCN(CC(=O)O)CCN(CC(=O)O)CC2)C1=O. The number of ether oxygens (including phenoxy) is 1. The number of hydrogen-bond donors (Lipinski definition) is 6. The van der Waals surface area contributed by atoms with E-state index in [0.717, 1.165) is 37.0 Å². The summed E-state index contributed by atoms with van der Waals surface area (Å²) >= 11 is 1.42. The Hall–Kier alpha value is -4.05. The van der Waals surface area contributed by atoms with E-state index < -0.39 is 34.9 Å². The Morgan fingerprint density at radius 3 is 1.58 bits per heavy atom. The highest BCUT2D eigenvalue weighted by atomic mass is 32.2. The standard InChI is InChI=1S/C38H66N8O12S/c1-38(2,3)58-37(57)41-12-8-5-7-11-39-30(47)10-6-4-9-23-59-29-24-32(49)46(36(29)56)14-13-40-31(48)25-42-15-17-43(26-33(50)51)19-21-45(28-35(54)55)22-20-44(18-16-42)27-34(52)53/h29H,4-28H2,1-3H3,(H,39,47)(H,40,48)(H,41,57)(H,50,51)(H,52,53)(H,54,55). The van der Waals surface area contributed by atoms with Gasteiger partial charge in [0.25, 0.3) is 0 Å². The van der Waals surface area contributed by atoms with Gasteiger partial charge in [-0.15, -0.1) is 11.8 Å². The van der Waals surface area contributed by atoms with Crippen LogP contribution in [0.25, 0.3) is 0 Å². The van der Waals surface area contributed by atoms with Gasteiger partial charge in [-0.2, -0.15) is 0 Å². The van der Waals surface area contributed by atoms with Crippen LogP contribution in [-0.4, -0.2) is 209 Å². The fraction of sp³-hybridized carbons (Fsp3) is 0.789. The van der Waals surface area contributed by atoms with Crippen molar-refractivity contribution >= 4 is 59.4 Å². The van der Waals surface area contributed by atoms with Crippen LogP contribution >= 0.6 is 11.8 Å². The van der Waals surface area contributed by atoms with Gasteiger partial charge in [-0.3, -0.25) is 58.1 Å². The van der Waals surface area contributed by atoms with Gasteiger partial charge in [0, 0.05) is 91.4 Å². The Labute approximate surface area is 351 Å². The zero-order valence-electron chi connectivity index (χ0n) is 34.9. The third-order valence-electron chi connectivity index (χ3n) is 9.44. The first-order valence-electron chi connectivity index (χ1n) is 20.4. The van der Waals surface area contributed by atoms with Gasteiger partial charge >= 0.3 is 24.0 Å². The van der Waals surface area contributed by atoms with Crippen LogP contribution < -0.4 is 16.0 Å². The number of likely N-dealkylation sites (tertiary alicyclic amines) is 1. The highest BCUT2D eigenvalue weighted by Crippen LogP contribution is 2.26. The third kappa shape index (κ3) is 24.0. The maximum absolute atomic E-state index is 13.0. The number of nitrogens with one attached hydrogen (secondary N) is 3. The molecular weight excluding hydrogens is 793 g/mol. The monoisotopic (exact) mass is 858 g/mol. The summed E-state index contributed by atoms with van der Waals surface area (Å²) in [6.07, 6.45) is 4.81. The molecule has 1 atom stereocenters. The van der Waals surface area contributed by atoms with Crippen molar-refractivity contribution < 1.29 is 58.4 Å². The molecule has 1 unspecified atom stereocenters. The molecule has 2 saturated heterocycles. The second-order valence-corrected chi connectivity index (χ2v) is 17.0. The minimum atomic E-state index is -1.05. The van der Waals surface area contributed by atoms with Crippen molar-refractivity contribution in [3.05, 3.63) is 0 Å². The summed E-state index contributed by atoms with van der Waals surface area (Å²) in [4.78, 5) is 105. The highest BCUT2D eigenvalue weighted by Gasteiger charge is 2.38. The number of nitrogens with zero attached hydrogens (tertiary/aromatic N) is 5. The zero-order valence-corrected chi connectivity index (χ0v) is 35.7. The average molecular weight is 859 g/mol. The Morgan fingerprint density at radius 1 is 0.627 bits per heavy atom. The second-order valence-electron chi connectivity index (χ2n) is 15.7. The molecule has 336 valence electrons. The molecule has 5 amide bonds. The van der Waals surface area contributed by atoms with Gasteiger partial charge in [-0.25, -0.2) is 4.79 Å². The lowest BCUT2D eigenvalue weighted by atomic mass is 10.2. The molecule has 20 nitrogen and oxygen atoms in total. The Balaban J connectivity index is 1.69. The van der Waals surface area contributed by atoms with Crippen LogP contribution in [0.5, 0.6) is 0 Å². The molecule has 2 rings (SSSR count). The van der Waals surface area contributed by atoms with Gasteiger partial charge in [0.1, 0.15) is 5.60 Å². The number of carboxylic acids is 3. The molecule has 21 heteroatoms. The number of carbonyl (C=O) groups is 8. The lowest BCUT2D eigenvalue weighted by Crippen LogP contribution is -2.50. The summed E-state index contributed by atoms with van der Waals surface area (Å²) in [5.74, 6) is -3.46. The molecule has 0 aromatic heterocycles. The van der Waals surface area contributed by atoms with Crippen molar-refractivity contribution in [1.82, 2.24) is 40.4 Å². The molecule has 0 aliphatic carbocycles. The Kier molecular flexibility index (Phi) is 24.0. The number of hydrogen-bond acceptors (Lipinski definition) is 14. The minimum absolute atomic E-state index is 0.0142. The summed E-state index contributed by atoms with van der Waals surface area (Å²) in [7, 11) is 0. The zero-order chi connectivity index (χ0) is 43.8. The van der Waals surface area contributed by atoms with Crippen molar-refractivity contribution in [3.8, 4) is 0 Å². The van der Waals surface area contributed by atoms with Crippen molar-refractivity contribution in [3.63, 3.8) is 0 Å². The van der Waals surface area contributed by atoms with Crippen LogP contribution in [0.3, 0.4) is 0 Å². The summed E-state index contributed by atoms with van der Waals surface area (Å²) < 4.78 is 5.19. The van der Waals surface area contributed by atoms with Gasteiger partial charge in [0.15, 0.2) is 0 Å². The number of unbranched alkanes of at least 4 members (excludes halogenated alkanes) is 4. The summed E-state index contributed by atoms with van der Waals surface area (Å²) in [6, 6.07) is 0. The lowest BCUT2D eigenvalue weighted by Gasteiger charge is -2.32. The predicted octanol–water partition coefficient (Wildman–Crippen LogP) is -0.190. The van der Waals surface area contributed by atoms with Crippen molar-refractivity contribution in [2.24, 2.45) is 0 Å². The van der Waals surface area contributed by atoms with Gasteiger partial charge in [0.2, 0.25) is 23.6 Å². The van der Waals surface area contributed by atoms with Gasteiger partial charge < -0.3 is 36.0 Å². The van der Waals surface area contributed by atoms with E-state index in [4.69, 9.17) is 4.74 Å². The van der Waals surface area contributed by atoms with E-state index in [1.165, 1.54) is 11.8 Å². The number of rotatable bonds is 24. The van der Waals surface area contributed by atoms with Crippen LogP contribution in [-0.2, 0) is 38.3 Å². The minimum Gasteiger partial charge on any atom is -0.480 e. The molecule has 2 aliphatic rings. The number of thioether (sulfide) groups is 1. The summed E-state index contributed by atoms with van der Waals surface area (Å²) in [5, 5.41) is 36.1. The van der Waals surface area contributed by atoms with Crippen molar-refractivity contribution in [2.45, 2.75) is 83.0 Å². The van der Waals surface area contributed by atoms with Gasteiger partial charge in [-0.1, -0.05) is 6.42 Å². The van der Waals surface area contributed by atoms with E-state index in [9.17, 15) is 53.7 Å². The number of carbonyl (C=O) groups excluding carboxylic acids is 5. The molecule has 0 aromatic rings. The molecule has 0 saturated carbocycles. The van der Waals surface area contributed by atoms with Crippen LogP contribution in [0.15, 0.2) is 0 Å². The van der Waals surface area contributed by atoms with Crippen molar-refractivity contribution in [2.75, 3.05) is 110 Å². The average Bonchev–Trinajstić information content (AvgIpc) is 3.39. The van der Waals surface area contributed by atoms with E-state index in [1.807, 2.05) is 0 Å². The molecule has 0 radical (unpaired) electrons. The van der Waals surface area contributed by atoms with Crippen molar-refractivity contribution in [1.29, 1.82) is 0 Å². The second kappa shape index (κ2) is 27.7. The Bertz CT molecular complexity index is 1370. The lowest BCUT2D eigenvalue weighted by molar-refractivity contribution is -0.140. The summed E-state index contributed by atoms with van der Waals surface area (Å²) in [6.45, 7) is 7.83. The molecule has 2 fully saturated rings. The molecule has 2 heterocycles. The Morgan fingerprint density at radius 2 is 1.08 bits per heavy atom. The third-order valence-corrected chi connectivity index (χ3v) is 10.7. The maximum atomic E-state index is 13.0. The summed E-state index contributed by atoms with van der Waals surface area (Å²) in [5.41, 5.74) is -0.536. The molecule has 0 bridgehead atoms. The quantitative estimate of drug-likeness (QED) is 0.0543. The first kappa shape index (κ1) is 51.1. The number of carboxylic acid groups (broad SMARTS) is 3. The van der Waals surface area contributed by atoms with E-state index in [-0.39, 0.29) is 122 Å². The molecule has 0 aromatic carbocycles. The fourth-order valence-corrected chi connectivity index (χ4v) is 7.59. The number of alkyl carbamates (subject to hydrolysis) is 1. The van der Waals surface area contributed by atoms with Crippen LogP contribution in [0.2, 0.25) is 0 Å². The molecule has 6 N–H and O–H groups in total. The topological polar surface area (TPSA) is 259 Å². The molecule has 0 spiro atoms.